The molecular weight excluding hydrogens is 410 g/mol. The number of benzene rings is 2. The van der Waals surface area contributed by atoms with Gasteiger partial charge in [-0.05, 0) is 42.0 Å². The van der Waals surface area contributed by atoms with Gasteiger partial charge in [-0.2, -0.15) is 0 Å². The van der Waals surface area contributed by atoms with Gasteiger partial charge in [0.15, 0.2) is 0 Å². The van der Waals surface area contributed by atoms with Gasteiger partial charge in [0, 0.05) is 31.9 Å². The lowest BCUT2D eigenvalue weighted by Gasteiger charge is -2.35. The number of aromatic nitrogens is 3. The molecule has 1 amide bonds. The largest absolute Gasteiger partial charge is 0.497 e. The number of rotatable bonds is 7. The van der Waals surface area contributed by atoms with Crippen molar-refractivity contribution in [3.63, 3.8) is 0 Å². The minimum Gasteiger partial charge on any atom is -0.497 e. The average molecular weight is 438 g/mol. The Labute approximate surface area is 186 Å². The fraction of sp³-hybridized carbons (Fsp3) is 0.348. The van der Waals surface area contributed by atoms with Crippen molar-refractivity contribution in [3.05, 3.63) is 66.2 Å². The lowest BCUT2D eigenvalue weighted by molar-refractivity contribution is 0.0733. The van der Waals surface area contributed by atoms with Crippen LogP contribution < -0.4 is 14.4 Å². The van der Waals surface area contributed by atoms with Crippen LogP contribution in [-0.4, -0.2) is 71.1 Å². The number of carbonyl (C=O) groups excluding carboxylic acids is 1. The van der Waals surface area contributed by atoms with Gasteiger partial charge in [-0.3, -0.25) is 4.79 Å². The number of anilines is 1. The number of hydrogen-bond donors (Lipinski definition) is 1. The Hall–Kier alpha value is -3.59. The molecule has 1 saturated heterocycles. The molecule has 0 aliphatic carbocycles. The van der Waals surface area contributed by atoms with Gasteiger partial charge in [-0.25, -0.2) is 9.67 Å². The van der Waals surface area contributed by atoms with E-state index in [1.165, 1.54) is 11.0 Å². The molecule has 1 fully saturated rings. The molecule has 0 radical (unpaired) electrons. The minimum atomic E-state index is -0.765. The first-order valence-corrected chi connectivity index (χ1v) is 10.5. The number of ether oxygens (including phenoxy) is 2. The summed E-state index contributed by atoms with van der Waals surface area (Å²) < 4.78 is 11.8. The Morgan fingerprint density at radius 2 is 1.56 bits per heavy atom. The van der Waals surface area contributed by atoms with Crippen LogP contribution in [0.5, 0.6) is 11.5 Å². The van der Waals surface area contributed by atoms with E-state index in [1.54, 1.807) is 43.4 Å². The molecule has 3 aromatic rings. The summed E-state index contributed by atoms with van der Waals surface area (Å²) >= 11 is 0. The first-order valence-electron chi connectivity index (χ1n) is 10.5. The third kappa shape index (κ3) is 4.83. The second-order valence-electron chi connectivity index (χ2n) is 7.56. The Morgan fingerprint density at radius 1 is 0.969 bits per heavy atom. The van der Waals surface area contributed by atoms with E-state index >= 15 is 0 Å². The summed E-state index contributed by atoms with van der Waals surface area (Å²) in [6, 6.07) is 15.1. The van der Waals surface area contributed by atoms with Gasteiger partial charge >= 0.3 is 0 Å². The Balaban J connectivity index is 1.32. The molecule has 9 heteroatoms. The van der Waals surface area contributed by atoms with Gasteiger partial charge in [0.25, 0.3) is 5.91 Å². The van der Waals surface area contributed by atoms with Crippen LogP contribution in [0.1, 0.15) is 22.3 Å². The maximum atomic E-state index is 12.8. The standard InChI is InChI=1S/C23H27N5O4/c1-31-19-7-3-17(4-8-19)21(29)15-28-16-24-22(25-28)23(30)27-13-11-26(12-14-27)18-5-9-20(32-2)10-6-18/h3-10,16,21,29H,11-15H2,1-2H3/t21-/m0/s1. The zero-order valence-corrected chi connectivity index (χ0v) is 18.2. The van der Waals surface area contributed by atoms with Gasteiger partial charge < -0.3 is 24.4 Å². The third-order valence-electron chi connectivity index (χ3n) is 5.59. The van der Waals surface area contributed by atoms with E-state index in [0.29, 0.717) is 13.1 Å². The molecule has 0 bridgehead atoms. The molecule has 1 aliphatic heterocycles. The molecule has 1 N–H and O–H groups in total. The van der Waals surface area contributed by atoms with Crippen LogP contribution in [0.4, 0.5) is 5.69 Å². The Morgan fingerprint density at radius 3 is 2.16 bits per heavy atom. The number of piperazine rings is 1. The van der Waals surface area contributed by atoms with Crippen LogP contribution in [0.15, 0.2) is 54.9 Å². The van der Waals surface area contributed by atoms with Crippen LogP contribution in [0.25, 0.3) is 0 Å². The molecule has 4 rings (SSSR count). The SMILES string of the molecule is COc1ccc([C@@H](O)Cn2cnc(C(=O)N3CCN(c4ccc(OC)cc4)CC3)n2)cc1. The summed E-state index contributed by atoms with van der Waals surface area (Å²) in [6.07, 6.45) is 0.715. The fourth-order valence-electron chi connectivity index (χ4n) is 3.69. The van der Waals surface area contributed by atoms with Crippen LogP contribution >= 0.6 is 0 Å². The van der Waals surface area contributed by atoms with E-state index < -0.39 is 6.10 Å². The molecule has 1 atom stereocenters. The van der Waals surface area contributed by atoms with Crippen molar-refractivity contribution in [2.75, 3.05) is 45.3 Å². The summed E-state index contributed by atoms with van der Waals surface area (Å²) in [6.45, 7) is 2.85. The minimum absolute atomic E-state index is 0.143. The van der Waals surface area contributed by atoms with Gasteiger partial charge in [0.05, 0.1) is 26.9 Å². The van der Waals surface area contributed by atoms with Crippen molar-refractivity contribution >= 4 is 11.6 Å². The number of hydrogen-bond acceptors (Lipinski definition) is 7. The molecular formula is C23H27N5O4. The zero-order chi connectivity index (χ0) is 22.5. The Bertz CT molecular complexity index is 1030. The van der Waals surface area contributed by atoms with Gasteiger partial charge in [-0.15, -0.1) is 5.10 Å². The van der Waals surface area contributed by atoms with Crippen LogP contribution in [0.3, 0.4) is 0 Å². The maximum absolute atomic E-state index is 12.8. The van der Waals surface area contributed by atoms with Crippen molar-refractivity contribution < 1.29 is 19.4 Å². The lowest BCUT2D eigenvalue weighted by atomic mass is 10.1. The van der Waals surface area contributed by atoms with Crippen molar-refractivity contribution in [2.45, 2.75) is 12.6 Å². The maximum Gasteiger partial charge on any atom is 0.293 e. The number of nitrogens with zero attached hydrogens (tertiary/aromatic N) is 5. The summed E-state index contributed by atoms with van der Waals surface area (Å²) in [5, 5.41) is 14.7. The number of carbonyl (C=O) groups is 1. The monoisotopic (exact) mass is 437 g/mol. The second-order valence-corrected chi connectivity index (χ2v) is 7.56. The quantitative estimate of drug-likeness (QED) is 0.604. The first-order chi connectivity index (χ1) is 15.6. The van der Waals surface area contributed by atoms with E-state index in [0.717, 1.165) is 35.8 Å². The number of methoxy groups -OCH3 is 2. The normalized spacial score (nSPS) is 14.8. The highest BCUT2D eigenvalue weighted by atomic mass is 16.5. The van der Waals surface area contributed by atoms with Gasteiger partial charge in [0.2, 0.25) is 5.82 Å². The molecule has 0 saturated carbocycles. The second kappa shape index (κ2) is 9.69. The molecule has 2 heterocycles. The van der Waals surface area contributed by atoms with Crippen molar-refractivity contribution in [3.8, 4) is 11.5 Å². The van der Waals surface area contributed by atoms with Crippen LogP contribution in [0, 0.1) is 0 Å². The van der Waals surface area contributed by atoms with Gasteiger partial charge in [0.1, 0.15) is 17.8 Å². The topological polar surface area (TPSA) is 92.9 Å². The lowest BCUT2D eigenvalue weighted by Crippen LogP contribution is -2.49. The summed E-state index contributed by atoms with van der Waals surface area (Å²) in [5.74, 6) is 1.49. The van der Waals surface area contributed by atoms with Crippen molar-refractivity contribution in [1.29, 1.82) is 0 Å². The molecule has 9 nitrogen and oxygen atoms in total. The van der Waals surface area contributed by atoms with Crippen molar-refractivity contribution in [2.24, 2.45) is 0 Å². The predicted octanol–water partition coefficient (Wildman–Crippen LogP) is 1.99. The van der Waals surface area contributed by atoms with Crippen LogP contribution in [-0.2, 0) is 6.54 Å². The van der Waals surface area contributed by atoms with Gasteiger partial charge in [-0.1, -0.05) is 12.1 Å². The van der Waals surface area contributed by atoms with E-state index in [2.05, 4.69) is 15.0 Å². The summed E-state index contributed by atoms with van der Waals surface area (Å²) in [4.78, 5) is 21.0. The highest BCUT2D eigenvalue weighted by Gasteiger charge is 2.25. The number of aliphatic hydroxyl groups is 1. The smallest absolute Gasteiger partial charge is 0.293 e. The number of amides is 1. The first kappa shape index (κ1) is 21.6. The molecule has 0 spiro atoms. The molecule has 0 unspecified atom stereocenters. The Kier molecular flexibility index (Phi) is 6.55. The number of aliphatic hydroxyl groups excluding tert-OH is 1. The predicted molar refractivity (Wildman–Crippen MR) is 119 cm³/mol. The van der Waals surface area contributed by atoms with E-state index in [-0.39, 0.29) is 18.3 Å². The van der Waals surface area contributed by atoms with Crippen LogP contribution in [0.2, 0.25) is 0 Å². The van der Waals surface area contributed by atoms with E-state index in [9.17, 15) is 9.90 Å². The summed E-state index contributed by atoms with van der Waals surface area (Å²) in [7, 11) is 3.24. The molecule has 1 aromatic heterocycles. The third-order valence-corrected chi connectivity index (χ3v) is 5.59. The fourth-order valence-corrected chi connectivity index (χ4v) is 3.69. The average Bonchev–Trinajstić information content (AvgIpc) is 3.32. The molecule has 1 aliphatic rings. The molecule has 32 heavy (non-hydrogen) atoms. The highest BCUT2D eigenvalue weighted by molar-refractivity contribution is 5.90. The molecule has 168 valence electrons. The zero-order valence-electron chi connectivity index (χ0n) is 18.2. The van der Waals surface area contributed by atoms with E-state index in [1.807, 2.05) is 24.3 Å². The van der Waals surface area contributed by atoms with E-state index in [4.69, 9.17) is 9.47 Å². The van der Waals surface area contributed by atoms with Crippen molar-refractivity contribution in [1.82, 2.24) is 19.7 Å². The molecule has 2 aromatic carbocycles. The summed E-state index contributed by atoms with van der Waals surface area (Å²) in [5.41, 5.74) is 1.84. The highest BCUT2D eigenvalue weighted by Crippen LogP contribution is 2.21.